The average Bonchev–Trinajstić information content (AvgIpc) is 2.87. The van der Waals surface area contributed by atoms with Crippen LogP contribution in [-0.4, -0.2) is 5.11 Å². The van der Waals surface area contributed by atoms with E-state index >= 15 is 0 Å². The Labute approximate surface area is 138 Å². The summed E-state index contributed by atoms with van der Waals surface area (Å²) in [4.78, 5) is 0. The number of hydrogen-bond donors (Lipinski definition) is 2. The summed E-state index contributed by atoms with van der Waals surface area (Å²) in [6.07, 6.45) is 0.879. The number of benzene rings is 2. The van der Waals surface area contributed by atoms with Crippen LogP contribution >= 0.6 is 28.1 Å². The summed E-state index contributed by atoms with van der Waals surface area (Å²) in [5.74, 6) is 0. The van der Waals surface area contributed by atoms with Crippen LogP contribution in [0.4, 0.5) is 5.69 Å². The van der Waals surface area contributed by atoms with Crippen molar-refractivity contribution in [2.45, 2.75) is 19.0 Å². The molecule has 1 fully saturated rings. The highest BCUT2D eigenvalue weighted by molar-refractivity contribution is 9.10. The first kappa shape index (κ1) is 14.5. The van der Waals surface area contributed by atoms with E-state index in [0.29, 0.717) is 5.11 Å². The Hall–Kier alpha value is -1.43. The van der Waals surface area contributed by atoms with Gasteiger partial charge in [-0.2, -0.15) is 5.43 Å². The van der Waals surface area contributed by atoms with Crippen LogP contribution in [0, 0.1) is 0 Å². The van der Waals surface area contributed by atoms with Gasteiger partial charge in [0.2, 0.25) is 0 Å². The molecule has 0 unspecified atom stereocenters. The van der Waals surface area contributed by atoms with Crippen LogP contribution in [0.5, 0.6) is 0 Å². The van der Waals surface area contributed by atoms with Crippen molar-refractivity contribution in [1.29, 1.82) is 0 Å². The highest BCUT2D eigenvalue weighted by atomic mass is 79.9. The van der Waals surface area contributed by atoms with Crippen molar-refractivity contribution < 1.29 is 0 Å². The molecule has 1 heterocycles. The molecule has 0 aromatic heterocycles. The number of nitrogens with zero attached hydrogens (tertiary/aromatic N) is 1. The summed E-state index contributed by atoms with van der Waals surface area (Å²) in [7, 11) is 0. The summed E-state index contributed by atoms with van der Waals surface area (Å²) in [5.41, 5.74) is 5.36. The van der Waals surface area contributed by atoms with Crippen LogP contribution in [-0.2, 0) is 5.66 Å². The first-order chi connectivity index (χ1) is 10.1. The molecule has 1 saturated heterocycles. The molecule has 0 aliphatic carbocycles. The predicted molar refractivity (Wildman–Crippen MR) is 93.9 cm³/mol. The average molecular weight is 362 g/mol. The van der Waals surface area contributed by atoms with Crippen LogP contribution in [0.1, 0.15) is 18.9 Å². The molecule has 3 nitrogen and oxygen atoms in total. The molecule has 2 aromatic rings. The summed E-state index contributed by atoms with van der Waals surface area (Å²) < 4.78 is 1.05. The van der Waals surface area contributed by atoms with Crippen LogP contribution in [0.2, 0.25) is 0 Å². The van der Waals surface area contributed by atoms with Gasteiger partial charge in [0.1, 0.15) is 5.66 Å². The molecule has 2 aromatic carbocycles. The van der Waals surface area contributed by atoms with E-state index in [2.05, 4.69) is 45.7 Å². The SMILES string of the molecule is CC[C@@]1(c2ccccc2)NC(=S)N(c2ccc(Br)cc2)N1. The maximum Gasteiger partial charge on any atom is 0.190 e. The van der Waals surface area contributed by atoms with E-state index in [4.69, 9.17) is 12.2 Å². The lowest BCUT2D eigenvalue weighted by Crippen LogP contribution is -2.47. The number of rotatable bonds is 3. The summed E-state index contributed by atoms with van der Waals surface area (Å²) >= 11 is 8.97. The van der Waals surface area contributed by atoms with E-state index in [1.165, 1.54) is 5.56 Å². The van der Waals surface area contributed by atoms with Gasteiger partial charge >= 0.3 is 0 Å². The number of thiocarbonyl (C=S) groups is 1. The number of nitrogens with one attached hydrogen (secondary N) is 2. The Morgan fingerprint density at radius 3 is 2.38 bits per heavy atom. The standard InChI is InChI=1S/C16H16BrN3S/c1-2-16(12-6-4-3-5-7-12)18-15(21)20(19-16)14-10-8-13(17)9-11-14/h3-11,19H,2H2,1H3,(H,18,21)/t16-/m1/s1. The molecule has 0 saturated carbocycles. The van der Waals surface area contributed by atoms with Crippen molar-refractivity contribution in [2.75, 3.05) is 5.01 Å². The maximum absolute atomic E-state index is 5.51. The van der Waals surface area contributed by atoms with Crippen LogP contribution in [0.25, 0.3) is 0 Å². The van der Waals surface area contributed by atoms with Gasteiger partial charge in [0, 0.05) is 4.47 Å². The number of anilines is 1. The Morgan fingerprint density at radius 1 is 1.10 bits per heavy atom. The molecule has 1 atom stereocenters. The minimum atomic E-state index is -0.356. The molecule has 5 heteroatoms. The van der Waals surface area contributed by atoms with Gasteiger partial charge in [-0.3, -0.25) is 0 Å². The second-order valence-corrected chi connectivity index (χ2v) is 6.28. The number of halogens is 1. The van der Waals surface area contributed by atoms with Gasteiger partial charge in [0.15, 0.2) is 5.11 Å². The fourth-order valence-electron chi connectivity index (χ4n) is 2.51. The third-order valence-electron chi connectivity index (χ3n) is 3.71. The van der Waals surface area contributed by atoms with E-state index in [-0.39, 0.29) is 5.66 Å². The van der Waals surface area contributed by atoms with Crippen LogP contribution < -0.4 is 15.8 Å². The first-order valence-corrected chi connectivity index (χ1v) is 8.06. The van der Waals surface area contributed by atoms with Crippen molar-refractivity contribution in [1.82, 2.24) is 10.7 Å². The van der Waals surface area contributed by atoms with Gasteiger partial charge in [-0.05, 0) is 48.5 Å². The molecule has 0 radical (unpaired) electrons. The van der Waals surface area contributed by atoms with Crippen LogP contribution in [0.15, 0.2) is 59.1 Å². The van der Waals surface area contributed by atoms with Crippen molar-refractivity contribution >= 4 is 38.9 Å². The zero-order valence-electron chi connectivity index (χ0n) is 11.6. The molecule has 108 valence electrons. The van der Waals surface area contributed by atoms with Gasteiger partial charge in [0.05, 0.1) is 5.69 Å². The van der Waals surface area contributed by atoms with E-state index in [9.17, 15) is 0 Å². The van der Waals surface area contributed by atoms with E-state index in [1.807, 2.05) is 47.5 Å². The second kappa shape index (κ2) is 5.75. The highest BCUT2D eigenvalue weighted by Gasteiger charge is 2.40. The monoisotopic (exact) mass is 361 g/mol. The fraction of sp³-hybridized carbons (Fsp3) is 0.188. The Balaban J connectivity index is 1.94. The van der Waals surface area contributed by atoms with Gasteiger partial charge in [-0.25, -0.2) is 5.01 Å². The molecule has 1 aliphatic rings. The van der Waals surface area contributed by atoms with Crippen molar-refractivity contribution in [3.05, 3.63) is 64.6 Å². The van der Waals surface area contributed by atoms with Crippen molar-refractivity contribution in [2.24, 2.45) is 0 Å². The smallest absolute Gasteiger partial charge is 0.190 e. The van der Waals surface area contributed by atoms with Gasteiger partial charge in [-0.1, -0.05) is 53.2 Å². The largest absolute Gasteiger partial charge is 0.338 e. The zero-order valence-corrected chi connectivity index (χ0v) is 14.0. The first-order valence-electron chi connectivity index (χ1n) is 6.86. The Bertz CT molecular complexity index is 644. The maximum atomic E-state index is 5.51. The molecular formula is C16H16BrN3S. The van der Waals surface area contributed by atoms with Gasteiger partial charge in [0.25, 0.3) is 0 Å². The van der Waals surface area contributed by atoms with E-state index in [1.54, 1.807) is 0 Å². The summed E-state index contributed by atoms with van der Waals surface area (Å²) in [6.45, 7) is 2.14. The topological polar surface area (TPSA) is 27.3 Å². The Morgan fingerprint density at radius 2 is 1.76 bits per heavy atom. The Kier molecular flexibility index (Phi) is 3.97. The molecule has 0 amide bonds. The third-order valence-corrected chi connectivity index (χ3v) is 4.52. The molecule has 0 spiro atoms. The minimum absolute atomic E-state index is 0.356. The third kappa shape index (κ3) is 2.69. The second-order valence-electron chi connectivity index (χ2n) is 4.98. The van der Waals surface area contributed by atoms with Gasteiger partial charge in [-0.15, -0.1) is 0 Å². The lowest BCUT2D eigenvalue weighted by Gasteiger charge is -2.29. The predicted octanol–water partition coefficient (Wildman–Crippen LogP) is 3.91. The molecule has 1 aliphatic heterocycles. The van der Waals surface area contributed by atoms with Crippen molar-refractivity contribution in [3.63, 3.8) is 0 Å². The summed E-state index contributed by atoms with van der Waals surface area (Å²) in [6, 6.07) is 18.4. The molecule has 3 rings (SSSR count). The van der Waals surface area contributed by atoms with Crippen molar-refractivity contribution in [3.8, 4) is 0 Å². The van der Waals surface area contributed by atoms with Crippen LogP contribution in [0.3, 0.4) is 0 Å². The molecule has 2 N–H and O–H groups in total. The lowest BCUT2D eigenvalue weighted by molar-refractivity contribution is 0.337. The zero-order chi connectivity index (χ0) is 14.9. The quantitative estimate of drug-likeness (QED) is 0.810. The molecular weight excluding hydrogens is 346 g/mol. The number of hydrazine groups is 1. The van der Waals surface area contributed by atoms with E-state index in [0.717, 1.165) is 16.6 Å². The lowest BCUT2D eigenvalue weighted by atomic mass is 9.98. The normalized spacial score (nSPS) is 21.4. The van der Waals surface area contributed by atoms with Gasteiger partial charge < -0.3 is 5.32 Å². The summed E-state index contributed by atoms with van der Waals surface area (Å²) in [5, 5.41) is 6.04. The molecule has 0 bridgehead atoms. The van der Waals surface area contributed by atoms with E-state index < -0.39 is 0 Å². The fourth-order valence-corrected chi connectivity index (χ4v) is 3.10. The minimum Gasteiger partial charge on any atom is -0.338 e. The molecule has 21 heavy (non-hydrogen) atoms. The number of hydrogen-bond acceptors (Lipinski definition) is 2. The highest BCUT2D eigenvalue weighted by Crippen LogP contribution is 2.29.